The van der Waals surface area contributed by atoms with Crippen LogP contribution < -0.4 is 4.72 Å². The van der Waals surface area contributed by atoms with Gasteiger partial charge in [-0.15, -0.1) is 11.6 Å². The van der Waals surface area contributed by atoms with Gasteiger partial charge in [0.15, 0.2) is 0 Å². The molecule has 0 amide bonds. The maximum absolute atomic E-state index is 11.9. The van der Waals surface area contributed by atoms with Gasteiger partial charge < -0.3 is 0 Å². The number of hydrogen-bond acceptors (Lipinski definition) is 2. The average Bonchev–Trinajstić information content (AvgIpc) is 2.28. The number of rotatable bonds is 6. The molecule has 0 bridgehead atoms. The van der Waals surface area contributed by atoms with Crippen LogP contribution in [0.25, 0.3) is 0 Å². The second kappa shape index (κ2) is 6.43. The molecular formula is C13H20ClNO2S. The van der Waals surface area contributed by atoms with Crippen LogP contribution in [0.15, 0.2) is 18.2 Å². The Balaban J connectivity index is 3.03. The highest BCUT2D eigenvalue weighted by Crippen LogP contribution is 2.28. The van der Waals surface area contributed by atoms with E-state index in [0.717, 1.165) is 11.1 Å². The Hall–Kier alpha value is -0.740. The van der Waals surface area contributed by atoms with Crippen LogP contribution in [0.5, 0.6) is 0 Å². The zero-order chi connectivity index (χ0) is 13.8. The molecule has 0 saturated carbocycles. The van der Waals surface area contributed by atoms with Crippen LogP contribution >= 0.6 is 11.6 Å². The third-order valence-corrected chi connectivity index (χ3v) is 4.34. The highest BCUT2D eigenvalue weighted by atomic mass is 35.5. The van der Waals surface area contributed by atoms with Crippen LogP contribution in [0, 0.1) is 6.92 Å². The molecule has 102 valence electrons. The second-order valence-electron chi connectivity index (χ2n) is 4.66. The predicted octanol–water partition coefficient (Wildman–Crippen LogP) is 3.49. The number of para-hydroxylation sites is 1. The van der Waals surface area contributed by atoms with Crippen LogP contribution in [0.4, 0.5) is 5.69 Å². The summed E-state index contributed by atoms with van der Waals surface area (Å²) >= 11 is 5.53. The molecule has 0 atom stereocenters. The smallest absolute Gasteiger partial charge is 0.232 e. The summed E-state index contributed by atoms with van der Waals surface area (Å²) < 4.78 is 26.5. The summed E-state index contributed by atoms with van der Waals surface area (Å²) in [6.45, 7) is 6.00. The van der Waals surface area contributed by atoms with Crippen LogP contribution in [0.2, 0.25) is 0 Å². The summed E-state index contributed by atoms with van der Waals surface area (Å²) in [5.41, 5.74) is 2.67. The number of nitrogens with one attached hydrogen (secondary N) is 1. The van der Waals surface area contributed by atoms with Crippen LogP contribution in [-0.2, 0) is 10.0 Å². The summed E-state index contributed by atoms with van der Waals surface area (Å²) in [6, 6.07) is 5.81. The molecule has 0 radical (unpaired) electrons. The fraction of sp³-hybridized carbons (Fsp3) is 0.538. The van der Waals surface area contributed by atoms with E-state index >= 15 is 0 Å². The van der Waals surface area contributed by atoms with Crippen molar-refractivity contribution >= 4 is 27.3 Å². The zero-order valence-corrected chi connectivity index (χ0v) is 12.6. The van der Waals surface area contributed by atoms with Gasteiger partial charge in [0, 0.05) is 5.88 Å². The number of anilines is 1. The largest absolute Gasteiger partial charge is 0.283 e. The Labute approximate surface area is 115 Å². The molecule has 0 saturated heterocycles. The van der Waals surface area contributed by atoms with Gasteiger partial charge in [0.2, 0.25) is 10.0 Å². The summed E-state index contributed by atoms with van der Waals surface area (Å²) in [7, 11) is -3.31. The number of halogens is 1. The highest BCUT2D eigenvalue weighted by molar-refractivity contribution is 7.92. The Morgan fingerprint density at radius 3 is 2.56 bits per heavy atom. The Bertz CT molecular complexity index is 498. The van der Waals surface area contributed by atoms with Gasteiger partial charge in [-0.2, -0.15) is 0 Å². The zero-order valence-electron chi connectivity index (χ0n) is 11.0. The van der Waals surface area contributed by atoms with Crippen molar-refractivity contribution in [3.63, 3.8) is 0 Å². The lowest BCUT2D eigenvalue weighted by Crippen LogP contribution is -2.19. The molecule has 0 aliphatic rings. The van der Waals surface area contributed by atoms with E-state index in [9.17, 15) is 8.42 Å². The number of alkyl halides is 1. The molecule has 0 aliphatic carbocycles. The van der Waals surface area contributed by atoms with Crippen LogP contribution in [0.3, 0.4) is 0 Å². The fourth-order valence-corrected chi connectivity index (χ4v) is 3.27. The lowest BCUT2D eigenvalue weighted by atomic mass is 9.99. The van der Waals surface area contributed by atoms with Gasteiger partial charge >= 0.3 is 0 Å². The van der Waals surface area contributed by atoms with Crippen molar-refractivity contribution in [1.82, 2.24) is 0 Å². The van der Waals surface area contributed by atoms with E-state index < -0.39 is 10.0 Å². The van der Waals surface area contributed by atoms with Gasteiger partial charge in [-0.25, -0.2) is 8.42 Å². The summed E-state index contributed by atoms with van der Waals surface area (Å²) in [6.07, 6.45) is 0.458. The lowest BCUT2D eigenvalue weighted by molar-refractivity contribution is 0.600. The monoisotopic (exact) mass is 289 g/mol. The van der Waals surface area contributed by atoms with Crippen LogP contribution in [-0.4, -0.2) is 20.1 Å². The molecule has 0 fully saturated rings. The first-order valence-corrected chi connectivity index (χ1v) is 8.22. The van der Waals surface area contributed by atoms with Gasteiger partial charge in [-0.1, -0.05) is 32.0 Å². The molecule has 0 heterocycles. The quantitative estimate of drug-likeness (QED) is 0.815. The normalized spacial score (nSPS) is 11.8. The van der Waals surface area contributed by atoms with Crippen molar-refractivity contribution < 1.29 is 8.42 Å². The van der Waals surface area contributed by atoms with Gasteiger partial charge in [-0.05, 0) is 30.4 Å². The van der Waals surface area contributed by atoms with E-state index in [0.29, 0.717) is 18.0 Å². The predicted molar refractivity (Wildman–Crippen MR) is 78.0 cm³/mol. The molecule has 1 aromatic rings. The molecule has 5 heteroatoms. The molecule has 3 nitrogen and oxygen atoms in total. The third kappa shape index (κ3) is 4.18. The molecular weight excluding hydrogens is 270 g/mol. The van der Waals surface area contributed by atoms with E-state index in [-0.39, 0.29) is 11.7 Å². The molecule has 1 N–H and O–H groups in total. The molecule has 0 spiro atoms. The minimum Gasteiger partial charge on any atom is -0.283 e. The minimum atomic E-state index is -3.31. The van der Waals surface area contributed by atoms with Gasteiger partial charge in [-0.3, -0.25) is 4.72 Å². The van der Waals surface area contributed by atoms with Gasteiger partial charge in [0.05, 0.1) is 11.4 Å². The van der Waals surface area contributed by atoms with Crippen molar-refractivity contribution in [2.45, 2.75) is 33.1 Å². The lowest BCUT2D eigenvalue weighted by Gasteiger charge is -2.17. The van der Waals surface area contributed by atoms with Crippen molar-refractivity contribution in [2.75, 3.05) is 16.4 Å². The standard InChI is InChI=1S/C13H20ClNO2S/c1-10(2)12-7-4-6-11(3)13(12)15-18(16,17)9-5-8-14/h4,6-7,10,15H,5,8-9H2,1-3H3. The summed E-state index contributed by atoms with van der Waals surface area (Å²) in [5.74, 6) is 0.685. The maximum Gasteiger partial charge on any atom is 0.232 e. The first-order valence-electron chi connectivity index (χ1n) is 6.03. The average molecular weight is 290 g/mol. The molecule has 0 aromatic heterocycles. The van der Waals surface area contributed by atoms with Gasteiger partial charge in [0.1, 0.15) is 0 Å². The van der Waals surface area contributed by atoms with E-state index in [4.69, 9.17) is 11.6 Å². The minimum absolute atomic E-state index is 0.0579. The Morgan fingerprint density at radius 1 is 1.33 bits per heavy atom. The van der Waals surface area contributed by atoms with Crippen LogP contribution in [0.1, 0.15) is 37.3 Å². The SMILES string of the molecule is Cc1cccc(C(C)C)c1NS(=O)(=O)CCCCl. The summed E-state index contributed by atoms with van der Waals surface area (Å²) in [4.78, 5) is 0. The topological polar surface area (TPSA) is 46.2 Å². The number of hydrogen-bond donors (Lipinski definition) is 1. The molecule has 0 aliphatic heterocycles. The maximum atomic E-state index is 11.9. The summed E-state index contributed by atoms with van der Waals surface area (Å²) in [5, 5.41) is 0. The van der Waals surface area contributed by atoms with E-state index in [1.54, 1.807) is 0 Å². The highest BCUT2D eigenvalue weighted by Gasteiger charge is 2.15. The Morgan fingerprint density at radius 2 is 2.00 bits per heavy atom. The molecule has 0 unspecified atom stereocenters. The number of benzene rings is 1. The first-order chi connectivity index (χ1) is 8.37. The van der Waals surface area contributed by atoms with E-state index in [1.807, 2.05) is 39.0 Å². The molecule has 1 aromatic carbocycles. The van der Waals surface area contributed by atoms with Crippen molar-refractivity contribution in [1.29, 1.82) is 0 Å². The fourth-order valence-electron chi connectivity index (χ4n) is 1.76. The van der Waals surface area contributed by atoms with Crippen molar-refractivity contribution in [2.24, 2.45) is 0 Å². The Kier molecular flexibility index (Phi) is 5.47. The second-order valence-corrected chi connectivity index (χ2v) is 6.88. The van der Waals surface area contributed by atoms with Crippen molar-refractivity contribution in [3.05, 3.63) is 29.3 Å². The number of sulfonamides is 1. The van der Waals surface area contributed by atoms with Gasteiger partial charge in [0.25, 0.3) is 0 Å². The van der Waals surface area contributed by atoms with Crippen molar-refractivity contribution in [3.8, 4) is 0 Å². The van der Waals surface area contributed by atoms with E-state index in [2.05, 4.69) is 4.72 Å². The van der Waals surface area contributed by atoms with E-state index in [1.165, 1.54) is 0 Å². The third-order valence-electron chi connectivity index (χ3n) is 2.73. The molecule has 1 rings (SSSR count). The first kappa shape index (κ1) is 15.3. The number of aryl methyl sites for hydroxylation is 1. The molecule has 18 heavy (non-hydrogen) atoms.